The quantitative estimate of drug-likeness (QED) is 0.723. The van der Waals surface area contributed by atoms with Gasteiger partial charge in [0.2, 0.25) is 0 Å². The number of amides is 2. The lowest BCUT2D eigenvalue weighted by atomic mass is 10.2. The van der Waals surface area contributed by atoms with E-state index in [1.54, 1.807) is 43.3 Å². The van der Waals surface area contributed by atoms with Gasteiger partial charge in [-0.1, -0.05) is 29.8 Å². The lowest BCUT2D eigenvalue weighted by Gasteiger charge is -2.23. The molecule has 2 rings (SSSR count). The molecule has 2 aromatic rings. The average Bonchev–Trinajstić information content (AvgIpc) is 2.60. The minimum Gasteiger partial charge on any atom is -0.466 e. The zero-order valence-electron chi connectivity index (χ0n) is 14.4. The van der Waals surface area contributed by atoms with Gasteiger partial charge in [-0.3, -0.25) is 4.79 Å². The Kier molecular flexibility index (Phi) is 7.41. The number of nitrogens with one attached hydrogen (secondary N) is 1. The minimum atomic E-state index is -0.388. The Labute approximate surface area is 156 Å². The Morgan fingerprint density at radius 1 is 1.19 bits per heavy atom. The molecule has 0 saturated heterocycles. The first-order valence-corrected chi connectivity index (χ1v) is 8.57. The van der Waals surface area contributed by atoms with Crippen molar-refractivity contribution in [2.75, 3.05) is 18.5 Å². The Balaban J connectivity index is 2.08. The molecule has 7 heteroatoms. The number of anilines is 1. The van der Waals surface area contributed by atoms with Crippen molar-refractivity contribution in [3.8, 4) is 0 Å². The van der Waals surface area contributed by atoms with Gasteiger partial charge in [-0.15, -0.1) is 0 Å². The van der Waals surface area contributed by atoms with E-state index in [2.05, 4.69) is 5.32 Å². The van der Waals surface area contributed by atoms with Gasteiger partial charge in [0.25, 0.3) is 0 Å². The highest BCUT2D eigenvalue weighted by molar-refractivity contribution is 6.30. The predicted molar refractivity (Wildman–Crippen MR) is 98.5 cm³/mol. The molecule has 26 heavy (non-hydrogen) atoms. The van der Waals surface area contributed by atoms with E-state index in [0.717, 1.165) is 5.56 Å². The highest BCUT2D eigenvalue weighted by Gasteiger charge is 2.16. The van der Waals surface area contributed by atoms with Gasteiger partial charge in [-0.05, 0) is 42.8 Å². The fraction of sp³-hybridized carbons (Fsp3) is 0.263. The Bertz CT molecular complexity index is 753. The second kappa shape index (κ2) is 9.77. The van der Waals surface area contributed by atoms with Gasteiger partial charge in [0.1, 0.15) is 5.82 Å². The minimum absolute atomic E-state index is 0.0675. The smallest absolute Gasteiger partial charge is 0.322 e. The van der Waals surface area contributed by atoms with Crippen LogP contribution in [0.5, 0.6) is 0 Å². The molecule has 0 heterocycles. The molecule has 2 amide bonds. The van der Waals surface area contributed by atoms with Crippen molar-refractivity contribution in [1.82, 2.24) is 4.90 Å². The van der Waals surface area contributed by atoms with Gasteiger partial charge in [-0.2, -0.15) is 0 Å². The van der Waals surface area contributed by atoms with Crippen LogP contribution < -0.4 is 5.32 Å². The van der Waals surface area contributed by atoms with Gasteiger partial charge in [0.15, 0.2) is 0 Å². The molecule has 0 bridgehead atoms. The lowest BCUT2D eigenvalue weighted by Crippen LogP contribution is -2.36. The summed E-state index contributed by atoms with van der Waals surface area (Å²) in [6, 6.07) is 12.2. The summed E-state index contributed by atoms with van der Waals surface area (Å²) in [5.74, 6) is -0.734. The molecule has 0 unspecified atom stereocenters. The van der Waals surface area contributed by atoms with Crippen LogP contribution in [0.15, 0.2) is 48.5 Å². The van der Waals surface area contributed by atoms with E-state index >= 15 is 0 Å². The van der Waals surface area contributed by atoms with Gasteiger partial charge < -0.3 is 15.0 Å². The van der Waals surface area contributed by atoms with Crippen LogP contribution in [-0.4, -0.2) is 30.1 Å². The Morgan fingerprint density at radius 2 is 1.92 bits per heavy atom. The summed E-state index contributed by atoms with van der Waals surface area (Å²) in [5, 5.41) is 3.25. The Morgan fingerprint density at radius 3 is 2.58 bits per heavy atom. The molecule has 2 aromatic carbocycles. The molecular weight excluding hydrogens is 359 g/mol. The molecule has 0 fully saturated rings. The number of benzene rings is 2. The molecule has 1 N–H and O–H groups in total. The second-order valence-corrected chi connectivity index (χ2v) is 5.98. The summed E-state index contributed by atoms with van der Waals surface area (Å²) in [7, 11) is 0. The lowest BCUT2D eigenvalue weighted by molar-refractivity contribution is -0.143. The maximum atomic E-state index is 13.1. The normalized spacial score (nSPS) is 10.3. The maximum absolute atomic E-state index is 13.1. The molecule has 138 valence electrons. The van der Waals surface area contributed by atoms with Crippen LogP contribution >= 0.6 is 11.6 Å². The SMILES string of the molecule is CCOC(=O)CCN(Cc1ccc(F)cc1)C(=O)Nc1cccc(Cl)c1. The van der Waals surface area contributed by atoms with Gasteiger partial charge in [-0.25, -0.2) is 9.18 Å². The third-order valence-electron chi connectivity index (χ3n) is 3.54. The third-order valence-corrected chi connectivity index (χ3v) is 3.78. The summed E-state index contributed by atoms with van der Waals surface area (Å²) in [6.07, 6.45) is 0.0675. The van der Waals surface area contributed by atoms with Gasteiger partial charge >= 0.3 is 12.0 Å². The predicted octanol–water partition coefficient (Wildman–Crippen LogP) is 4.47. The van der Waals surface area contributed by atoms with Crippen molar-refractivity contribution in [2.24, 2.45) is 0 Å². The van der Waals surface area contributed by atoms with Gasteiger partial charge in [0.05, 0.1) is 13.0 Å². The van der Waals surface area contributed by atoms with E-state index in [9.17, 15) is 14.0 Å². The van der Waals surface area contributed by atoms with Crippen molar-refractivity contribution in [1.29, 1.82) is 0 Å². The van der Waals surface area contributed by atoms with Crippen LogP contribution in [0.3, 0.4) is 0 Å². The zero-order chi connectivity index (χ0) is 18.9. The largest absolute Gasteiger partial charge is 0.466 e. The third kappa shape index (κ3) is 6.37. The fourth-order valence-electron chi connectivity index (χ4n) is 2.29. The summed E-state index contributed by atoms with van der Waals surface area (Å²) in [6.45, 7) is 2.40. The van der Waals surface area contributed by atoms with Crippen LogP contribution in [0.2, 0.25) is 5.02 Å². The number of halogens is 2. The van der Waals surface area contributed by atoms with E-state index in [0.29, 0.717) is 10.7 Å². The number of urea groups is 1. The fourth-order valence-corrected chi connectivity index (χ4v) is 2.48. The molecule has 0 aromatic heterocycles. The Hall–Kier alpha value is -2.60. The summed E-state index contributed by atoms with van der Waals surface area (Å²) in [4.78, 5) is 25.7. The van der Waals surface area contributed by atoms with Crippen molar-refractivity contribution in [3.63, 3.8) is 0 Å². The molecular formula is C19H20ClFN2O3. The monoisotopic (exact) mass is 378 g/mol. The molecule has 0 atom stereocenters. The van der Waals surface area contributed by atoms with E-state index in [4.69, 9.17) is 16.3 Å². The maximum Gasteiger partial charge on any atom is 0.322 e. The number of esters is 1. The summed E-state index contributed by atoms with van der Waals surface area (Å²) < 4.78 is 18.0. The zero-order valence-corrected chi connectivity index (χ0v) is 15.1. The van der Waals surface area contributed by atoms with Gasteiger partial charge in [0, 0.05) is 23.8 Å². The molecule has 0 spiro atoms. The molecule has 0 saturated carbocycles. The van der Waals surface area contributed by atoms with Crippen LogP contribution in [0.1, 0.15) is 18.9 Å². The van der Waals surface area contributed by atoms with Crippen molar-refractivity contribution >= 4 is 29.3 Å². The number of carbonyl (C=O) groups is 2. The van der Waals surface area contributed by atoms with E-state index < -0.39 is 0 Å². The molecule has 0 aliphatic rings. The number of carbonyl (C=O) groups excluding carboxylic acids is 2. The highest BCUT2D eigenvalue weighted by atomic mass is 35.5. The standard InChI is InChI=1S/C19H20ClFN2O3/c1-2-26-18(24)10-11-23(13-14-6-8-16(21)9-7-14)19(25)22-17-5-3-4-15(20)12-17/h3-9,12H,2,10-11,13H2,1H3,(H,22,25). The number of hydrogen-bond donors (Lipinski definition) is 1. The number of hydrogen-bond acceptors (Lipinski definition) is 3. The van der Waals surface area contributed by atoms with E-state index in [1.807, 2.05) is 0 Å². The summed E-state index contributed by atoms with van der Waals surface area (Å²) >= 11 is 5.93. The topological polar surface area (TPSA) is 58.6 Å². The molecule has 0 aliphatic heterocycles. The first kappa shape index (κ1) is 19.7. The second-order valence-electron chi connectivity index (χ2n) is 5.54. The number of rotatable bonds is 7. The molecule has 5 nitrogen and oxygen atoms in total. The van der Waals surface area contributed by atoms with Crippen LogP contribution in [0, 0.1) is 5.82 Å². The van der Waals surface area contributed by atoms with Crippen LogP contribution in [0.4, 0.5) is 14.9 Å². The summed E-state index contributed by atoms with van der Waals surface area (Å²) in [5.41, 5.74) is 1.29. The van der Waals surface area contributed by atoms with Crippen molar-refractivity contribution < 1.29 is 18.7 Å². The van der Waals surface area contributed by atoms with E-state index in [-0.39, 0.29) is 43.9 Å². The molecule has 0 radical (unpaired) electrons. The van der Waals surface area contributed by atoms with Crippen LogP contribution in [-0.2, 0) is 16.1 Å². The van der Waals surface area contributed by atoms with E-state index in [1.165, 1.54) is 17.0 Å². The van der Waals surface area contributed by atoms with Crippen LogP contribution in [0.25, 0.3) is 0 Å². The first-order valence-electron chi connectivity index (χ1n) is 8.19. The van der Waals surface area contributed by atoms with Crippen molar-refractivity contribution in [3.05, 3.63) is 64.9 Å². The van der Waals surface area contributed by atoms with Crippen molar-refractivity contribution in [2.45, 2.75) is 19.9 Å². The number of ether oxygens (including phenoxy) is 1. The highest BCUT2D eigenvalue weighted by Crippen LogP contribution is 2.16. The first-order chi connectivity index (χ1) is 12.5. The molecule has 0 aliphatic carbocycles. The number of nitrogens with zero attached hydrogens (tertiary/aromatic N) is 1. The average molecular weight is 379 g/mol.